The number of rotatable bonds is 4. The van der Waals surface area contributed by atoms with E-state index in [1.165, 1.54) is 24.4 Å². The van der Waals surface area contributed by atoms with Crippen molar-refractivity contribution in [3.63, 3.8) is 0 Å². The van der Waals surface area contributed by atoms with Crippen molar-refractivity contribution >= 4 is 11.9 Å². The van der Waals surface area contributed by atoms with Gasteiger partial charge in [-0.1, -0.05) is 18.2 Å². The van der Waals surface area contributed by atoms with Gasteiger partial charge in [0.2, 0.25) is 0 Å². The lowest BCUT2D eigenvalue weighted by atomic mass is 10.2. The van der Waals surface area contributed by atoms with Crippen LogP contribution in [0.1, 0.15) is 5.56 Å². The van der Waals surface area contributed by atoms with Crippen molar-refractivity contribution in [2.75, 3.05) is 0 Å². The van der Waals surface area contributed by atoms with E-state index >= 15 is 0 Å². The van der Waals surface area contributed by atoms with Gasteiger partial charge >= 0.3 is 0 Å². The predicted molar refractivity (Wildman–Crippen MR) is 71.4 cm³/mol. The Kier molecular flexibility index (Phi) is 3.72. The first-order valence-corrected chi connectivity index (χ1v) is 5.45. The molecule has 6 nitrogen and oxygen atoms in total. The van der Waals surface area contributed by atoms with E-state index in [4.69, 9.17) is 10.6 Å². The maximum Gasteiger partial charge on any atom is 0.278 e. The third-order valence-corrected chi connectivity index (χ3v) is 2.39. The maximum atomic E-state index is 10.8. The molecule has 2 N–H and O–H groups in total. The minimum Gasteiger partial charge on any atom is -0.457 e. The molecule has 0 aliphatic carbocycles. The lowest BCUT2D eigenvalue weighted by Gasteiger charge is -2.06. The molecule has 2 aromatic carbocycles. The van der Waals surface area contributed by atoms with Gasteiger partial charge in [-0.2, -0.15) is 5.10 Å². The monoisotopic (exact) mass is 257 g/mol. The Labute approximate surface area is 109 Å². The molecule has 19 heavy (non-hydrogen) atoms. The van der Waals surface area contributed by atoms with Gasteiger partial charge in [0, 0.05) is 6.07 Å². The summed E-state index contributed by atoms with van der Waals surface area (Å²) in [4.78, 5) is 10.3. The second-order valence-electron chi connectivity index (χ2n) is 3.67. The fraction of sp³-hybridized carbons (Fsp3) is 0. The number of hydrogen-bond acceptors (Lipinski definition) is 5. The number of benzene rings is 2. The summed E-state index contributed by atoms with van der Waals surface area (Å²) in [6.07, 6.45) is 1.22. The van der Waals surface area contributed by atoms with Crippen molar-refractivity contribution in [2.24, 2.45) is 10.9 Å². The molecule has 0 saturated heterocycles. The van der Waals surface area contributed by atoms with E-state index < -0.39 is 4.92 Å². The van der Waals surface area contributed by atoms with Crippen LogP contribution in [0.5, 0.6) is 11.5 Å². The molecule has 0 atom stereocenters. The number of nitrogens with zero attached hydrogens (tertiary/aromatic N) is 2. The molecule has 0 saturated carbocycles. The lowest BCUT2D eigenvalue weighted by molar-refractivity contribution is -0.385. The van der Waals surface area contributed by atoms with Crippen LogP contribution in [0, 0.1) is 10.1 Å². The van der Waals surface area contributed by atoms with E-state index in [1.807, 2.05) is 18.2 Å². The van der Waals surface area contributed by atoms with Crippen LogP contribution in [-0.2, 0) is 0 Å². The quantitative estimate of drug-likeness (QED) is 0.394. The topological polar surface area (TPSA) is 90.8 Å². The molecule has 0 spiro atoms. The molecular formula is C13H11N3O3. The van der Waals surface area contributed by atoms with Crippen LogP contribution in [0.15, 0.2) is 53.6 Å². The Balaban J connectivity index is 2.33. The van der Waals surface area contributed by atoms with Gasteiger partial charge in [-0.25, -0.2) is 0 Å². The standard InChI is InChI=1S/C13H11N3O3/c14-15-9-10-8-12(6-7-13(10)16(17)18)19-11-4-2-1-3-5-11/h1-9H,14H2. The zero-order valence-corrected chi connectivity index (χ0v) is 9.89. The Bertz CT molecular complexity index is 612. The largest absolute Gasteiger partial charge is 0.457 e. The highest BCUT2D eigenvalue weighted by Crippen LogP contribution is 2.26. The molecule has 2 aromatic rings. The molecule has 0 heterocycles. The first kappa shape index (κ1) is 12.6. The van der Waals surface area contributed by atoms with E-state index in [9.17, 15) is 10.1 Å². The predicted octanol–water partition coefficient (Wildman–Crippen LogP) is 2.68. The molecule has 0 radical (unpaired) electrons. The highest BCUT2D eigenvalue weighted by molar-refractivity contribution is 5.85. The number of hydrogen-bond donors (Lipinski definition) is 1. The normalized spacial score (nSPS) is 10.5. The van der Waals surface area contributed by atoms with Crippen LogP contribution in [0.4, 0.5) is 5.69 Å². The van der Waals surface area contributed by atoms with E-state index in [-0.39, 0.29) is 5.69 Å². The Hall–Kier alpha value is -2.89. The molecule has 0 amide bonds. The minimum atomic E-state index is -0.497. The molecule has 2 rings (SSSR count). The third-order valence-electron chi connectivity index (χ3n) is 2.39. The summed E-state index contributed by atoms with van der Waals surface area (Å²) in [5, 5.41) is 14.1. The summed E-state index contributed by atoms with van der Waals surface area (Å²) in [5.74, 6) is 6.16. The van der Waals surface area contributed by atoms with E-state index in [2.05, 4.69) is 5.10 Å². The van der Waals surface area contributed by atoms with Gasteiger partial charge < -0.3 is 10.6 Å². The van der Waals surface area contributed by atoms with Gasteiger partial charge in [0.15, 0.2) is 0 Å². The van der Waals surface area contributed by atoms with Crippen LogP contribution in [-0.4, -0.2) is 11.1 Å². The Morgan fingerprint density at radius 1 is 1.16 bits per heavy atom. The van der Waals surface area contributed by atoms with Gasteiger partial charge in [0.25, 0.3) is 5.69 Å². The lowest BCUT2D eigenvalue weighted by Crippen LogP contribution is -1.96. The van der Waals surface area contributed by atoms with Crippen LogP contribution in [0.3, 0.4) is 0 Å². The molecule has 0 fully saturated rings. The van der Waals surface area contributed by atoms with Crippen LogP contribution >= 0.6 is 0 Å². The number of ether oxygens (including phenoxy) is 1. The van der Waals surface area contributed by atoms with Gasteiger partial charge in [-0.05, 0) is 24.3 Å². The average Bonchev–Trinajstić information content (AvgIpc) is 2.40. The van der Waals surface area contributed by atoms with Gasteiger partial charge in [0.1, 0.15) is 11.5 Å². The molecule has 0 unspecified atom stereocenters. The van der Waals surface area contributed by atoms with Crippen molar-refractivity contribution in [3.8, 4) is 11.5 Å². The summed E-state index contributed by atoms with van der Waals surface area (Å²) in [5.41, 5.74) is 0.218. The summed E-state index contributed by atoms with van der Waals surface area (Å²) < 4.78 is 5.57. The molecule has 0 aliphatic rings. The summed E-state index contributed by atoms with van der Waals surface area (Å²) in [6, 6.07) is 13.5. The van der Waals surface area contributed by atoms with Crippen molar-refractivity contribution in [1.29, 1.82) is 0 Å². The van der Waals surface area contributed by atoms with Crippen LogP contribution < -0.4 is 10.6 Å². The second kappa shape index (κ2) is 5.63. The Morgan fingerprint density at radius 3 is 2.53 bits per heavy atom. The number of para-hydroxylation sites is 1. The van der Waals surface area contributed by atoms with Gasteiger partial charge in [-0.3, -0.25) is 10.1 Å². The summed E-state index contributed by atoms with van der Waals surface area (Å²) in [6.45, 7) is 0. The first-order chi connectivity index (χ1) is 9.20. The molecule has 6 heteroatoms. The van der Waals surface area contributed by atoms with Crippen molar-refractivity contribution in [1.82, 2.24) is 0 Å². The van der Waals surface area contributed by atoms with E-state index in [1.54, 1.807) is 12.1 Å². The smallest absolute Gasteiger partial charge is 0.278 e. The van der Waals surface area contributed by atoms with Crippen molar-refractivity contribution < 1.29 is 9.66 Å². The SMILES string of the molecule is NN=Cc1cc(Oc2ccccc2)ccc1[N+](=O)[O-]. The van der Waals surface area contributed by atoms with Crippen LogP contribution in [0.2, 0.25) is 0 Å². The average molecular weight is 257 g/mol. The molecule has 0 aromatic heterocycles. The first-order valence-electron chi connectivity index (χ1n) is 5.45. The highest BCUT2D eigenvalue weighted by atomic mass is 16.6. The molecule has 96 valence electrons. The zero-order valence-electron chi connectivity index (χ0n) is 9.89. The number of nitro benzene ring substituents is 1. The van der Waals surface area contributed by atoms with Crippen LogP contribution in [0.25, 0.3) is 0 Å². The Morgan fingerprint density at radius 2 is 1.89 bits per heavy atom. The minimum absolute atomic E-state index is 0.0744. The summed E-state index contributed by atoms with van der Waals surface area (Å²) in [7, 11) is 0. The second-order valence-corrected chi connectivity index (χ2v) is 3.67. The fourth-order valence-electron chi connectivity index (χ4n) is 1.57. The molecule has 0 aliphatic heterocycles. The number of nitrogens with two attached hydrogens (primary N) is 1. The maximum absolute atomic E-state index is 10.8. The fourth-order valence-corrected chi connectivity index (χ4v) is 1.57. The number of hydrazone groups is 1. The zero-order chi connectivity index (χ0) is 13.7. The van der Waals surface area contributed by atoms with Gasteiger partial charge in [-0.15, -0.1) is 0 Å². The third kappa shape index (κ3) is 3.06. The van der Waals surface area contributed by atoms with E-state index in [0.717, 1.165) is 0 Å². The van der Waals surface area contributed by atoms with Gasteiger partial charge in [0.05, 0.1) is 16.7 Å². The molecular weight excluding hydrogens is 246 g/mol. The number of nitro groups is 1. The van der Waals surface area contributed by atoms with E-state index in [0.29, 0.717) is 17.1 Å². The highest BCUT2D eigenvalue weighted by Gasteiger charge is 2.13. The van der Waals surface area contributed by atoms with Crippen molar-refractivity contribution in [2.45, 2.75) is 0 Å². The van der Waals surface area contributed by atoms with Crippen molar-refractivity contribution in [3.05, 3.63) is 64.2 Å². The summed E-state index contributed by atoms with van der Waals surface area (Å²) >= 11 is 0. The molecule has 0 bridgehead atoms.